The quantitative estimate of drug-likeness (QED) is 0.747. The van der Waals surface area contributed by atoms with Crippen LogP contribution < -0.4 is 15.0 Å². The predicted octanol–water partition coefficient (Wildman–Crippen LogP) is 2.60. The number of nitrogens with one attached hydrogen (secondary N) is 1. The molecule has 1 aromatic carbocycles. The third-order valence-corrected chi connectivity index (χ3v) is 3.70. The predicted molar refractivity (Wildman–Crippen MR) is 87.5 cm³/mol. The van der Waals surface area contributed by atoms with Crippen molar-refractivity contribution in [1.29, 1.82) is 0 Å². The van der Waals surface area contributed by atoms with Crippen LogP contribution >= 0.6 is 0 Å². The number of ether oxygens (including phenoxy) is 2. The molecule has 0 atom stereocenters. The number of unbranched alkanes of at least 4 members (excludes halogenated alkanes) is 1. The Labute approximate surface area is 128 Å². The Kier molecular flexibility index (Phi) is 6.83. The standard InChI is InChI=1S/C17H28N2O2/c1-3-4-11-20-12-13-21-17-6-5-15(2)14-16(17)19-9-7-18-8-10-19/h5-6,14,18H,3-4,7-13H2,1-2H3. The van der Waals surface area contributed by atoms with Crippen molar-refractivity contribution in [3.05, 3.63) is 23.8 Å². The highest BCUT2D eigenvalue weighted by Crippen LogP contribution is 2.29. The normalized spacial score (nSPS) is 15.2. The smallest absolute Gasteiger partial charge is 0.142 e. The van der Waals surface area contributed by atoms with Gasteiger partial charge in [0.15, 0.2) is 0 Å². The van der Waals surface area contributed by atoms with Crippen molar-refractivity contribution in [1.82, 2.24) is 5.32 Å². The summed E-state index contributed by atoms with van der Waals surface area (Å²) in [6.07, 6.45) is 2.29. The minimum atomic E-state index is 0.617. The molecule has 21 heavy (non-hydrogen) atoms. The molecule has 1 saturated heterocycles. The van der Waals surface area contributed by atoms with Crippen molar-refractivity contribution in [2.24, 2.45) is 0 Å². The molecule has 0 bridgehead atoms. The Bertz CT molecular complexity index is 417. The summed E-state index contributed by atoms with van der Waals surface area (Å²) in [6.45, 7) is 10.6. The summed E-state index contributed by atoms with van der Waals surface area (Å²) >= 11 is 0. The molecule has 0 unspecified atom stereocenters. The molecular formula is C17H28N2O2. The Balaban J connectivity index is 1.88. The van der Waals surface area contributed by atoms with Crippen LogP contribution in [0.1, 0.15) is 25.3 Å². The maximum atomic E-state index is 5.94. The summed E-state index contributed by atoms with van der Waals surface area (Å²) in [5.41, 5.74) is 2.49. The van der Waals surface area contributed by atoms with Crippen molar-refractivity contribution in [3.63, 3.8) is 0 Å². The van der Waals surface area contributed by atoms with E-state index in [-0.39, 0.29) is 0 Å². The fourth-order valence-corrected chi connectivity index (χ4v) is 2.46. The minimum absolute atomic E-state index is 0.617. The van der Waals surface area contributed by atoms with Crippen LogP contribution in [-0.2, 0) is 4.74 Å². The minimum Gasteiger partial charge on any atom is -0.489 e. The highest BCUT2D eigenvalue weighted by molar-refractivity contribution is 5.60. The summed E-state index contributed by atoms with van der Waals surface area (Å²) in [5, 5.41) is 3.39. The summed E-state index contributed by atoms with van der Waals surface area (Å²) in [4.78, 5) is 2.40. The van der Waals surface area contributed by atoms with Crippen molar-refractivity contribution >= 4 is 5.69 Å². The number of anilines is 1. The fraction of sp³-hybridized carbons (Fsp3) is 0.647. The first-order chi connectivity index (χ1) is 10.3. The molecule has 118 valence electrons. The van der Waals surface area contributed by atoms with Gasteiger partial charge in [0.1, 0.15) is 12.4 Å². The second-order valence-corrected chi connectivity index (χ2v) is 5.52. The Morgan fingerprint density at radius 1 is 1.14 bits per heavy atom. The van der Waals surface area contributed by atoms with Crippen LogP contribution in [0.5, 0.6) is 5.75 Å². The number of nitrogens with zero attached hydrogens (tertiary/aromatic N) is 1. The van der Waals surface area contributed by atoms with Gasteiger partial charge in [-0.3, -0.25) is 0 Å². The van der Waals surface area contributed by atoms with Gasteiger partial charge in [-0.1, -0.05) is 19.4 Å². The molecule has 1 aliphatic heterocycles. The molecule has 1 N–H and O–H groups in total. The second-order valence-electron chi connectivity index (χ2n) is 5.52. The van der Waals surface area contributed by atoms with E-state index >= 15 is 0 Å². The number of benzene rings is 1. The maximum absolute atomic E-state index is 5.94. The van der Waals surface area contributed by atoms with Crippen LogP contribution in [-0.4, -0.2) is 46.0 Å². The topological polar surface area (TPSA) is 33.7 Å². The summed E-state index contributed by atoms with van der Waals surface area (Å²) in [5.74, 6) is 0.974. The Morgan fingerprint density at radius 3 is 2.71 bits per heavy atom. The van der Waals surface area contributed by atoms with E-state index < -0.39 is 0 Å². The average Bonchev–Trinajstić information content (AvgIpc) is 2.53. The SMILES string of the molecule is CCCCOCCOc1ccc(C)cc1N1CCNCC1. The zero-order chi connectivity index (χ0) is 14.9. The monoisotopic (exact) mass is 292 g/mol. The van der Waals surface area contributed by atoms with E-state index in [0.29, 0.717) is 13.2 Å². The average molecular weight is 292 g/mol. The van der Waals surface area contributed by atoms with E-state index in [4.69, 9.17) is 9.47 Å². The lowest BCUT2D eigenvalue weighted by Gasteiger charge is -2.31. The molecule has 1 aromatic rings. The molecule has 4 heteroatoms. The van der Waals surface area contributed by atoms with Gasteiger partial charge in [-0.25, -0.2) is 0 Å². The lowest BCUT2D eigenvalue weighted by Crippen LogP contribution is -2.43. The highest BCUT2D eigenvalue weighted by atomic mass is 16.5. The van der Waals surface area contributed by atoms with Crippen molar-refractivity contribution in [2.75, 3.05) is 50.9 Å². The van der Waals surface area contributed by atoms with E-state index in [0.717, 1.165) is 45.0 Å². The van der Waals surface area contributed by atoms with Gasteiger partial charge in [0, 0.05) is 32.8 Å². The molecule has 0 aromatic heterocycles. The molecule has 0 saturated carbocycles. The van der Waals surface area contributed by atoms with Gasteiger partial charge >= 0.3 is 0 Å². The first-order valence-electron chi connectivity index (χ1n) is 8.08. The van der Waals surface area contributed by atoms with Gasteiger partial charge in [0.25, 0.3) is 0 Å². The lowest BCUT2D eigenvalue weighted by molar-refractivity contribution is 0.0982. The Morgan fingerprint density at radius 2 is 1.95 bits per heavy atom. The zero-order valence-electron chi connectivity index (χ0n) is 13.4. The van der Waals surface area contributed by atoms with Crippen molar-refractivity contribution in [3.8, 4) is 5.75 Å². The molecule has 0 aliphatic carbocycles. The van der Waals surface area contributed by atoms with E-state index in [1.165, 1.54) is 17.7 Å². The van der Waals surface area contributed by atoms with E-state index in [1.807, 2.05) is 0 Å². The van der Waals surface area contributed by atoms with Crippen LogP contribution in [0.25, 0.3) is 0 Å². The fourth-order valence-electron chi connectivity index (χ4n) is 2.46. The molecule has 0 amide bonds. The van der Waals surface area contributed by atoms with Crippen LogP contribution in [0, 0.1) is 6.92 Å². The molecule has 4 nitrogen and oxygen atoms in total. The van der Waals surface area contributed by atoms with Crippen LogP contribution in [0.4, 0.5) is 5.69 Å². The number of aryl methyl sites for hydroxylation is 1. The van der Waals surface area contributed by atoms with Crippen LogP contribution in [0.15, 0.2) is 18.2 Å². The second kappa shape index (κ2) is 8.90. The molecule has 1 aliphatic rings. The first-order valence-corrected chi connectivity index (χ1v) is 8.08. The van der Waals surface area contributed by atoms with Gasteiger partial charge in [0.05, 0.1) is 12.3 Å². The van der Waals surface area contributed by atoms with E-state index in [2.05, 4.69) is 42.3 Å². The van der Waals surface area contributed by atoms with Crippen molar-refractivity contribution < 1.29 is 9.47 Å². The summed E-state index contributed by atoms with van der Waals surface area (Å²) in [7, 11) is 0. The zero-order valence-corrected chi connectivity index (χ0v) is 13.4. The van der Waals surface area contributed by atoms with Crippen molar-refractivity contribution in [2.45, 2.75) is 26.7 Å². The van der Waals surface area contributed by atoms with Gasteiger partial charge < -0.3 is 19.7 Å². The van der Waals surface area contributed by atoms with Crippen LogP contribution in [0.3, 0.4) is 0 Å². The number of hydrogen-bond acceptors (Lipinski definition) is 4. The molecule has 0 radical (unpaired) electrons. The molecule has 0 spiro atoms. The van der Waals surface area contributed by atoms with E-state index in [1.54, 1.807) is 0 Å². The number of rotatable bonds is 8. The van der Waals surface area contributed by atoms with Crippen LogP contribution in [0.2, 0.25) is 0 Å². The highest BCUT2D eigenvalue weighted by Gasteiger charge is 2.15. The third-order valence-electron chi connectivity index (χ3n) is 3.70. The molecular weight excluding hydrogens is 264 g/mol. The van der Waals surface area contributed by atoms with Gasteiger partial charge in [0.2, 0.25) is 0 Å². The number of hydrogen-bond donors (Lipinski definition) is 1. The molecule has 1 heterocycles. The lowest BCUT2D eigenvalue weighted by atomic mass is 10.1. The van der Waals surface area contributed by atoms with E-state index in [9.17, 15) is 0 Å². The molecule has 1 fully saturated rings. The summed E-state index contributed by atoms with van der Waals surface area (Å²) < 4.78 is 11.5. The van der Waals surface area contributed by atoms with Gasteiger partial charge in [-0.05, 0) is 31.0 Å². The maximum Gasteiger partial charge on any atom is 0.142 e. The van der Waals surface area contributed by atoms with Gasteiger partial charge in [-0.15, -0.1) is 0 Å². The first kappa shape index (κ1) is 16.1. The largest absolute Gasteiger partial charge is 0.489 e. The third kappa shape index (κ3) is 5.21. The van der Waals surface area contributed by atoms with Gasteiger partial charge in [-0.2, -0.15) is 0 Å². The molecule has 2 rings (SSSR count). The number of piperazine rings is 1. The summed E-state index contributed by atoms with van der Waals surface area (Å²) in [6, 6.07) is 6.41. The Hall–Kier alpha value is -1.26.